The van der Waals surface area contributed by atoms with Gasteiger partial charge in [0, 0.05) is 0 Å². The molecule has 0 aromatic heterocycles. The molecule has 1 N–H and O–H groups in total. The molecule has 3 fully saturated rings. The van der Waals surface area contributed by atoms with Gasteiger partial charge in [-0.15, -0.1) is 0 Å². The van der Waals surface area contributed by atoms with Gasteiger partial charge < -0.3 is 5.11 Å². The lowest BCUT2D eigenvalue weighted by Crippen LogP contribution is -2.24. The van der Waals surface area contributed by atoms with Crippen LogP contribution in [0.15, 0.2) is 0 Å². The van der Waals surface area contributed by atoms with Crippen LogP contribution in [0.2, 0.25) is 0 Å². The Bertz CT molecular complexity index is 230. The minimum absolute atomic E-state index is 0.0263. The number of aliphatic hydroxyl groups is 1. The minimum Gasteiger partial charge on any atom is -0.393 e. The fraction of sp³-hybridized carbons (Fsp3) is 1.00. The Morgan fingerprint density at radius 3 is 2.07 bits per heavy atom. The Kier molecular flexibility index (Phi) is 2.35. The average Bonchev–Trinajstić information content (AvgIpc) is 2.69. The first-order valence-electron chi connectivity index (χ1n) is 6.96. The topological polar surface area (TPSA) is 20.2 Å². The predicted molar refractivity (Wildman–Crippen MR) is 61.4 cm³/mol. The summed E-state index contributed by atoms with van der Waals surface area (Å²) in [4.78, 5) is 0. The van der Waals surface area contributed by atoms with Crippen LogP contribution in [0.1, 0.15) is 46.0 Å². The van der Waals surface area contributed by atoms with E-state index in [0.717, 1.165) is 36.5 Å². The molecule has 1 nitrogen and oxygen atoms in total. The van der Waals surface area contributed by atoms with Crippen molar-refractivity contribution < 1.29 is 5.11 Å². The molecule has 3 saturated carbocycles. The molecule has 3 rings (SSSR count). The quantitative estimate of drug-likeness (QED) is 0.753. The van der Waals surface area contributed by atoms with Crippen LogP contribution >= 0.6 is 0 Å². The zero-order valence-electron chi connectivity index (χ0n) is 10.0. The number of hydrogen-bond donors (Lipinski definition) is 1. The zero-order valence-corrected chi connectivity index (χ0v) is 10.0. The van der Waals surface area contributed by atoms with Crippen LogP contribution in [-0.4, -0.2) is 11.2 Å². The molecule has 2 bridgehead atoms. The van der Waals surface area contributed by atoms with E-state index in [0.29, 0.717) is 11.8 Å². The van der Waals surface area contributed by atoms with Crippen LogP contribution in [0.3, 0.4) is 0 Å². The molecule has 0 spiro atoms. The minimum atomic E-state index is 0.0263. The maximum absolute atomic E-state index is 10.4. The van der Waals surface area contributed by atoms with Gasteiger partial charge in [0.25, 0.3) is 0 Å². The fourth-order valence-corrected chi connectivity index (χ4v) is 4.94. The molecule has 3 aliphatic rings. The fourth-order valence-electron chi connectivity index (χ4n) is 4.94. The van der Waals surface area contributed by atoms with E-state index in [1.807, 2.05) is 0 Å². The second-order valence-corrected chi connectivity index (χ2v) is 6.13. The normalized spacial score (nSPS) is 48.4. The van der Waals surface area contributed by atoms with E-state index in [9.17, 15) is 5.11 Å². The lowest BCUT2D eigenvalue weighted by atomic mass is 9.88. The molecule has 0 saturated heterocycles. The van der Waals surface area contributed by atoms with E-state index in [-0.39, 0.29) is 6.10 Å². The van der Waals surface area contributed by atoms with Crippen LogP contribution in [0.25, 0.3) is 0 Å². The Balaban J connectivity index is 1.66. The van der Waals surface area contributed by atoms with E-state index >= 15 is 0 Å². The van der Waals surface area contributed by atoms with Crippen molar-refractivity contribution >= 4 is 0 Å². The molecule has 0 radical (unpaired) electrons. The highest BCUT2D eigenvalue weighted by molar-refractivity contribution is 5.15. The van der Waals surface area contributed by atoms with Gasteiger partial charge in [-0.05, 0) is 54.8 Å². The molecule has 0 aromatic carbocycles. The smallest absolute Gasteiger partial charge is 0.0602 e. The van der Waals surface area contributed by atoms with Crippen LogP contribution < -0.4 is 0 Å². The van der Waals surface area contributed by atoms with E-state index in [1.54, 1.807) is 0 Å². The van der Waals surface area contributed by atoms with Gasteiger partial charge in [0.05, 0.1) is 6.10 Å². The number of rotatable bonds is 4. The van der Waals surface area contributed by atoms with Crippen molar-refractivity contribution in [1.82, 2.24) is 0 Å². The summed E-state index contributed by atoms with van der Waals surface area (Å²) in [5, 5.41) is 10.4. The number of hydrogen-bond acceptors (Lipinski definition) is 1. The van der Waals surface area contributed by atoms with Crippen molar-refractivity contribution in [3.8, 4) is 0 Å². The molecule has 0 aliphatic heterocycles. The lowest BCUT2D eigenvalue weighted by Gasteiger charge is -2.22. The summed E-state index contributed by atoms with van der Waals surface area (Å²) in [5.74, 6) is 5.18. The van der Waals surface area contributed by atoms with Crippen molar-refractivity contribution in [3.63, 3.8) is 0 Å². The molecule has 86 valence electrons. The first-order chi connectivity index (χ1) is 7.27. The summed E-state index contributed by atoms with van der Waals surface area (Å²) in [5.41, 5.74) is 0. The Labute approximate surface area is 93.3 Å². The standard InChI is InChI=1S/C14H24O/c1-3-8(4-2)14(15)13-11-9-5-6-10(7-9)12(11)13/h8-15H,3-7H2,1-2H3. The second-order valence-electron chi connectivity index (χ2n) is 6.13. The third-order valence-corrected chi connectivity index (χ3v) is 5.72. The molecule has 5 unspecified atom stereocenters. The maximum atomic E-state index is 10.4. The summed E-state index contributed by atoms with van der Waals surface area (Å²) < 4.78 is 0. The van der Waals surface area contributed by atoms with Gasteiger partial charge in [-0.3, -0.25) is 0 Å². The van der Waals surface area contributed by atoms with Gasteiger partial charge in [-0.25, -0.2) is 0 Å². The predicted octanol–water partition coefficient (Wildman–Crippen LogP) is 3.08. The van der Waals surface area contributed by atoms with Crippen LogP contribution in [0, 0.1) is 35.5 Å². The van der Waals surface area contributed by atoms with Crippen LogP contribution in [0.5, 0.6) is 0 Å². The molecule has 0 amide bonds. The number of fused-ring (bicyclic) bond motifs is 5. The summed E-state index contributed by atoms with van der Waals surface area (Å²) in [6, 6.07) is 0. The van der Waals surface area contributed by atoms with Crippen molar-refractivity contribution in [2.24, 2.45) is 35.5 Å². The first-order valence-corrected chi connectivity index (χ1v) is 6.96. The summed E-state index contributed by atoms with van der Waals surface area (Å²) in [7, 11) is 0. The molecule has 3 aliphatic carbocycles. The number of aliphatic hydroxyl groups excluding tert-OH is 1. The van der Waals surface area contributed by atoms with Crippen LogP contribution in [0.4, 0.5) is 0 Å². The molecule has 1 heteroatoms. The molecule has 0 aromatic rings. The van der Waals surface area contributed by atoms with Gasteiger partial charge in [0.15, 0.2) is 0 Å². The van der Waals surface area contributed by atoms with Gasteiger partial charge >= 0.3 is 0 Å². The zero-order chi connectivity index (χ0) is 10.6. The molecule has 0 heterocycles. The van der Waals surface area contributed by atoms with E-state index in [2.05, 4.69) is 13.8 Å². The van der Waals surface area contributed by atoms with Gasteiger partial charge in [-0.2, -0.15) is 0 Å². The van der Waals surface area contributed by atoms with E-state index < -0.39 is 0 Å². The van der Waals surface area contributed by atoms with Crippen molar-refractivity contribution in [3.05, 3.63) is 0 Å². The highest BCUT2D eigenvalue weighted by Gasteiger charge is 2.67. The van der Waals surface area contributed by atoms with E-state index in [1.165, 1.54) is 19.3 Å². The van der Waals surface area contributed by atoms with Crippen LogP contribution in [-0.2, 0) is 0 Å². The maximum Gasteiger partial charge on any atom is 0.0602 e. The lowest BCUT2D eigenvalue weighted by molar-refractivity contribution is 0.0649. The Morgan fingerprint density at radius 2 is 1.60 bits per heavy atom. The monoisotopic (exact) mass is 208 g/mol. The third kappa shape index (κ3) is 1.32. The van der Waals surface area contributed by atoms with Crippen molar-refractivity contribution in [1.29, 1.82) is 0 Å². The van der Waals surface area contributed by atoms with Gasteiger partial charge in [-0.1, -0.05) is 26.7 Å². The molecule has 15 heavy (non-hydrogen) atoms. The molecular formula is C14H24O. The Morgan fingerprint density at radius 1 is 1.07 bits per heavy atom. The second kappa shape index (κ2) is 3.48. The van der Waals surface area contributed by atoms with Gasteiger partial charge in [0.1, 0.15) is 0 Å². The summed E-state index contributed by atoms with van der Waals surface area (Å²) in [6.45, 7) is 4.45. The van der Waals surface area contributed by atoms with Crippen molar-refractivity contribution in [2.75, 3.05) is 0 Å². The summed E-state index contributed by atoms with van der Waals surface area (Å²) >= 11 is 0. The average molecular weight is 208 g/mol. The highest BCUT2D eigenvalue weighted by atomic mass is 16.3. The third-order valence-electron chi connectivity index (χ3n) is 5.72. The first kappa shape index (κ1) is 10.1. The van der Waals surface area contributed by atoms with Crippen molar-refractivity contribution in [2.45, 2.75) is 52.1 Å². The highest BCUT2D eigenvalue weighted by Crippen LogP contribution is 2.70. The molecule has 5 atom stereocenters. The molecular weight excluding hydrogens is 184 g/mol. The SMILES string of the molecule is CCC(CC)C(O)C1C2C3CCC(C3)C21. The Hall–Kier alpha value is -0.0400. The summed E-state index contributed by atoms with van der Waals surface area (Å²) in [6.07, 6.45) is 6.78. The largest absolute Gasteiger partial charge is 0.393 e. The van der Waals surface area contributed by atoms with E-state index in [4.69, 9.17) is 0 Å². The van der Waals surface area contributed by atoms with Gasteiger partial charge in [0.2, 0.25) is 0 Å².